The fraction of sp³-hybridized carbons (Fsp3) is 0.562. The minimum absolute atomic E-state index is 0.0467. The monoisotopic (exact) mass is 648 g/mol. The van der Waals surface area contributed by atoms with E-state index in [1.54, 1.807) is 24.3 Å². The van der Waals surface area contributed by atoms with Gasteiger partial charge in [0, 0.05) is 24.2 Å². The van der Waals surface area contributed by atoms with Gasteiger partial charge in [0.15, 0.2) is 12.2 Å². The van der Waals surface area contributed by atoms with Gasteiger partial charge in [0.1, 0.15) is 12.2 Å². The predicted octanol–water partition coefficient (Wildman–Crippen LogP) is 3.12. The zero-order chi connectivity index (χ0) is 32.7. The summed E-state index contributed by atoms with van der Waals surface area (Å²) in [6, 6.07) is 20.0. The number of piperidine rings is 2. The lowest BCUT2D eigenvalue weighted by molar-refractivity contribution is -0.163. The molecule has 4 bridgehead atoms. The molecule has 4 saturated heterocycles. The van der Waals surface area contributed by atoms with Gasteiger partial charge in [-0.2, -0.15) is 8.42 Å². The summed E-state index contributed by atoms with van der Waals surface area (Å²) >= 11 is 0. The topological polar surface area (TPSA) is 174 Å². The molecule has 13 heteroatoms. The number of ether oxygens (including phenoxy) is 2. The number of aliphatic hydroxyl groups excluding tert-OH is 2. The summed E-state index contributed by atoms with van der Waals surface area (Å²) in [6.07, 6.45) is 5.88. The Balaban J connectivity index is 0.000000179. The summed E-state index contributed by atoms with van der Waals surface area (Å²) in [5, 5.41) is 20.1. The highest BCUT2D eigenvalue weighted by Crippen LogP contribution is 2.37. The third-order valence-electron chi connectivity index (χ3n) is 9.35. The Labute approximate surface area is 264 Å². The van der Waals surface area contributed by atoms with Gasteiger partial charge < -0.3 is 29.5 Å². The van der Waals surface area contributed by atoms with Crippen LogP contribution < -0.4 is 0 Å². The quantitative estimate of drug-likeness (QED) is 0.267. The van der Waals surface area contributed by atoms with Gasteiger partial charge in [0.25, 0.3) is 0 Å². The van der Waals surface area contributed by atoms with E-state index in [0.717, 1.165) is 25.7 Å². The molecule has 2 aromatic rings. The van der Waals surface area contributed by atoms with Crippen molar-refractivity contribution in [2.75, 3.05) is 14.1 Å². The van der Waals surface area contributed by atoms with E-state index in [2.05, 4.69) is 23.9 Å². The number of hydrogen-bond donors (Lipinski definition) is 4. The second-order valence-electron chi connectivity index (χ2n) is 12.2. The molecule has 4 aliphatic heterocycles. The first-order valence-electron chi connectivity index (χ1n) is 15.3. The lowest BCUT2D eigenvalue weighted by atomic mass is 10.0. The molecule has 0 aromatic heterocycles. The van der Waals surface area contributed by atoms with Gasteiger partial charge >= 0.3 is 22.3 Å². The van der Waals surface area contributed by atoms with Crippen molar-refractivity contribution in [2.45, 2.75) is 99.9 Å². The number of hydrogen-bond acceptors (Lipinski definition) is 10. The summed E-state index contributed by atoms with van der Waals surface area (Å²) in [7, 11) is -0.363. The SMILES string of the molecule is CN1[C@@H]2CC[C@H]1CC(OC(=O)C(O)c1ccccc1)C2.CN1[C@@H]2CC[C@H]1CC(OC(=O)C(O)c1ccccc1)C2.O=S(=O)(O)O. The number of benzene rings is 2. The second kappa shape index (κ2) is 15.6. The van der Waals surface area contributed by atoms with E-state index in [0.29, 0.717) is 35.3 Å². The molecule has 2 aromatic carbocycles. The molecular formula is C32H44N2O10S. The number of fused-ring (bicyclic) bond motifs is 4. The number of rotatable bonds is 6. The summed E-state index contributed by atoms with van der Waals surface area (Å²) in [6.45, 7) is 0. The molecule has 0 spiro atoms. The molecule has 248 valence electrons. The van der Waals surface area contributed by atoms with Crippen molar-refractivity contribution < 1.29 is 46.8 Å². The molecule has 4 aliphatic rings. The maximum absolute atomic E-state index is 12.0. The average Bonchev–Trinajstić information content (AvgIpc) is 3.32. The lowest BCUT2D eigenvalue weighted by Gasteiger charge is -2.36. The Morgan fingerprint density at radius 2 is 0.911 bits per heavy atom. The van der Waals surface area contributed by atoms with Crippen molar-refractivity contribution in [2.24, 2.45) is 0 Å². The van der Waals surface area contributed by atoms with Crippen LogP contribution in [0.4, 0.5) is 0 Å². The smallest absolute Gasteiger partial charge is 0.394 e. The first-order valence-corrected chi connectivity index (χ1v) is 16.7. The van der Waals surface area contributed by atoms with E-state index in [4.69, 9.17) is 27.0 Å². The van der Waals surface area contributed by atoms with E-state index in [1.807, 2.05) is 36.4 Å². The summed E-state index contributed by atoms with van der Waals surface area (Å²) < 4.78 is 42.6. The molecule has 0 radical (unpaired) electrons. The number of aliphatic hydroxyl groups is 2. The summed E-state index contributed by atoms with van der Waals surface area (Å²) in [4.78, 5) is 28.9. The normalized spacial score (nSPS) is 28.8. The van der Waals surface area contributed by atoms with Crippen LogP contribution in [0.25, 0.3) is 0 Å². The van der Waals surface area contributed by atoms with Crippen LogP contribution in [0.5, 0.6) is 0 Å². The van der Waals surface area contributed by atoms with Gasteiger partial charge in [-0.05, 0) is 76.6 Å². The molecule has 0 amide bonds. The third-order valence-corrected chi connectivity index (χ3v) is 9.35. The predicted molar refractivity (Wildman–Crippen MR) is 164 cm³/mol. The fourth-order valence-electron chi connectivity index (χ4n) is 6.92. The van der Waals surface area contributed by atoms with Gasteiger partial charge in [0.2, 0.25) is 0 Å². The zero-order valence-corrected chi connectivity index (χ0v) is 26.4. The Morgan fingerprint density at radius 3 is 1.18 bits per heavy atom. The van der Waals surface area contributed by atoms with Crippen LogP contribution >= 0.6 is 0 Å². The number of nitrogens with zero attached hydrogens (tertiary/aromatic N) is 2. The van der Waals surface area contributed by atoms with Gasteiger partial charge in [-0.25, -0.2) is 9.59 Å². The van der Waals surface area contributed by atoms with E-state index in [-0.39, 0.29) is 12.2 Å². The molecule has 0 aliphatic carbocycles. The van der Waals surface area contributed by atoms with Crippen LogP contribution in [0.3, 0.4) is 0 Å². The Hall–Kier alpha value is -2.91. The van der Waals surface area contributed by atoms with Crippen molar-refractivity contribution in [3.05, 3.63) is 71.8 Å². The molecule has 4 fully saturated rings. The minimum Gasteiger partial charge on any atom is -0.460 e. The molecule has 4 heterocycles. The van der Waals surface area contributed by atoms with E-state index in [9.17, 15) is 19.8 Å². The van der Waals surface area contributed by atoms with Crippen LogP contribution in [-0.2, 0) is 29.5 Å². The standard InChI is InChI=1S/2C16H21NO3.H2O4S/c2*1-17-12-7-8-13(17)10-14(9-12)20-16(19)15(18)11-5-3-2-4-6-11;1-5(2,3)4/h2*2-6,12-15,18H,7-10H2,1H3;(H2,1,2,3,4)/t2*12-,13+,14?,15?;. The highest BCUT2D eigenvalue weighted by Gasteiger charge is 2.41. The highest BCUT2D eigenvalue weighted by molar-refractivity contribution is 7.79. The van der Waals surface area contributed by atoms with Gasteiger partial charge in [-0.1, -0.05) is 60.7 Å². The van der Waals surface area contributed by atoms with Crippen molar-refractivity contribution in [3.63, 3.8) is 0 Å². The maximum atomic E-state index is 12.0. The molecule has 0 saturated carbocycles. The van der Waals surface area contributed by atoms with Crippen molar-refractivity contribution in [3.8, 4) is 0 Å². The van der Waals surface area contributed by atoms with Crippen molar-refractivity contribution in [1.29, 1.82) is 0 Å². The lowest BCUT2D eigenvalue weighted by Crippen LogP contribution is -2.43. The molecule has 12 nitrogen and oxygen atoms in total. The number of carbonyl (C=O) groups is 2. The highest BCUT2D eigenvalue weighted by atomic mass is 32.3. The second-order valence-corrected chi connectivity index (χ2v) is 13.1. The molecule has 6 rings (SSSR count). The average molecular weight is 649 g/mol. The van der Waals surface area contributed by atoms with Crippen molar-refractivity contribution in [1.82, 2.24) is 9.80 Å². The van der Waals surface area contributed by atoms with Gasteiger partial charge in [0.05, 0.1) is 0 Å². The van der Waals surface area contributed by atoms with Crippen LogP contribution in [0.2, 0.25) is 0 Å². The third kappa shape index (κ3) is 10.0. The van der Waals surface area contributed by atoms with E-state index >= 15 is 0 Å². The van der Waals surface area contributed by atoms with Crippen molar-refractivity contribution >= 4 is 22.3 Å². The molecule has 45 heavy (non-hydrogen) atoms. The Morgan fingerprint density at radius 1 is 0.644 bits per heavy atom. The molecule has 4 N–H and O–H groups in total. The molecule has 4 unspecified atom stereocenters. The minimum atomic E-state index is -4.67. The Bertz CT molecular complexity index is 1240. The number of carbonyl (C=O) groups excluding carboxylic acids is 2. The molecule has 8 atom stereocenters. The fourth-order valence-corrected chi connectivity index (χ4v) is 6.92. The van der Waals surface area contributed by atoms with Crippen LogP contribution in [0.15, 0.2) is 60.7 Å². The zero-order valence-electron chi connectivity index (χ0n) is 25.6. The summed E-state index contributed by atoms with van der Waals surface area (Å²) in [5.41, 5.74) is 1.18. The van der Waals surface area contributed by atoms with E-state index in [1.165, 1.54) is 25.7 Å². The first kappa shape index (κ1) is 35.0. The van der Waals surface area contributed by atoms with Crippen LogP contribution in [-0.4, -0.2) is 99.9 Å². The maximum Gasteiger partial charge on any atom is 0.394 e. The largest absolute Gasteiger partial charge is 0.460 e. The first-order chi connectivity index (χ1) is 21.3. The summed E-state index contributed by atoms with van der Waals surface area (Å²) in [5.74, 6) is -1.05. The van der Waals surface area contributed by atoms with E-state index < -0.39 is 34.5 Å². The van der Waals surface area contributed by atoms with Gasteiger partial charge in [-0.3, -0.25) is 9.11 Å². The Kier molecular flexibility index (Phi) is 12.1. The molecular weight excluding hydrogens is 604 g/mol. The van der Waals surface area contributed by atoms with Crippen LogP contribution in [0.1, 0.15) is 74.7 Å². The van der Waals surface area contributed by atoms with Gasteiger partial charge in [-0.15, -0.1) is 0 Å². The number of esters is 2. The van der Waals surface area contributed by atoms with Crippen LogP contribution in [0, 0.1) is 0 Å².